The Morgan fingerprint density at radius 2 is 2.17 bits per heavy atom. The van der Waals surface area contributed by atoms with Gasteiger partial charge in [-0.15, -0.1) is 11.3 Å². The van der Waals surface area contributed by atoms with Gasteiger partial charge in [0.15, 0.2) is 6.67 Å². The van der Waals surface area contributed by atoms with Gasteiger partial charge in [-0.2, -0.15) is 0 Å². The third-order valence-corrected chi connectivity index (χ3v) is 5.87. The molecule has 0 radical (unpaired) electrons. The van der Waals surface area contributed by atoms with Crippen LogP contribution in [-0.4, -0.2) is 16.0 Å². The molecule has 3 heterocycles. The van der Waals surface area contributed by atoms with Crippen molar-refractivity contribution in [1.82, 2.24) is 4.57 Å². The zero-order valence-corrected chi connectivity index (χ0v) is 13.4. The number of quaternary nitrogens is 1. The third-order valence-electron chi connectivity index (χ3n) is 4.87. The van der Waals surface area contributed by atoms with E-state index in [0.29, 0.717) is 18.6 Å². The maximum Gasteiger partial charge on any atom is 0.285 e. The van der Waals surface area contributed by atoms with Gasteiger partial charge in [0, 0.05) is 34.9 Å². The van der Waals surface area contributed by atoms with Gasteiger partial charge in [-0.25, -0.2) is 0 Å². The minimum atomic E-state index is -0.448. The Hall–Kier alpha value is -1.99. The summed E-state index contributed by atoms with van der Waals surface area (Å²) in [5, 5.41) is 13.1. The number of fused-ring (bicyclic) bond motifs is 1. The second kappa shape index (κ2) is 5.58. The summed E-state index contributed by atoms with van der Waals surface area (Å²) in [5.41, 5.74) is 1.23. The highest BCUT2D eigenvalue weighted by Crippen LogP contribution is 2.42. The average molecular weight is 332 g/mol. The van der Waals surface area contributed by atoms with E-state index in [4.69, 9.17) is 0 Å². The molecule has 2 atom stereocenters. The number of rotatable bonds is 4. The quantitative estimate of drug-likeness (QED) is 0.679. The first kappa shape index (κ1) is 14.6. The third kappa shape index (κ3) is 2.70. The minimum Gasteiger partial charge on any atom is -0.311 e. The molecule has 2 aromatic rings. The number of pyridine rings is 1. The number of nitrogens with zero attached hydrogens (tertiary/aromatic N) is 2. The Labute approximate surface area is 137 Å². The maximum atomic E-state index is 12.1. The van der Waals surface area contributed by atoms with Crippen molar-refractivity contribution in [2.45, 2.75) is 32.0 Å². The lowest BCUT2D eigenvalue weighted by atomic mass is 9.96. The first-order valence-electron chi connectivity index (χ1n) is 7.89. The summed E-state index contributed by atoms with van der Waals surface area (Å²) in [6, 6.07) is 5.22. The molecule has 0 saturated heterocycles. The largest absolute Gasteiger partial charge is 0.311 e. The monoisotopic (exact) mass is 332 g/mol. The van der Waals surface area contributed by atoms with E-state index in [2.05, 4.69) is 11.4 Å². The molecule has 0 aromatic carbocycles. The van der Waals surface area contributed by atoms with Gasteiger partial charge >= 0.3 is 0 Å². The van der Waals surface area contributed by atoms with Crippen molar-refractivity contribution < 1.29 is 9.82 Å². The summed E-state index contributed by atoms with van der Waals surface area (Å²) in [6.07, 6.45) is 4.89. The molecular formula is C16H18N3O3S+. The van der Waals surface area contributed by atoms with Gasteiger partial charge in [-0.3, -0.25) is 19.5 Å². The Kier molecular flexibility index (Phi) is 3.54. The van der Waals surface area contributed by atoms with Crippen LogP contribution < -0.4 is 10.5 Å². The van der Waals surface area contributed by atoms with Crippen LogP contribution in [0, 0.1) is 16.0 Å². The van der Waals surface area contributed by atoms with Crippen LogP contribution in [0.25, 0.3) is 0 Å². The lowest BCUT2D eigenvalue weighted by molar-refractivity contribution is -0.958. The minimum absolute atomic E-state index is 0.0276. The maximum absolute atomic E-state index is 12.1. The lowest BCUT2D eigenvalue weighted by Crippen LogP contribution is -3.13. The van der Waals surface area contributed by atoms with Gasteiger partial charge < -0.3 is 4.90 Å². The van der Waals surface area contributed by atoms with Crippen LogP contribution in [0.4, 0.5) is 5.69 Å². The van der Waals surface area contributed by atoms with E-state index in [-0.39, 0.29) is 11.2 Å². The standard InChI is InChI=1S/C16H17N3O3S/c20-15-4-3-12(19(21)22)9-18(15)10-17-7-5-14-13(6-8-23-14)16(17)11-1-2-11/h3-4,6,8-9,11,16H,1-2,5,7,10H2/p+1/t16-/m1/s1. The molecule has 1 aliphatic heterocycles. The molecule has 1 aliphatic carbocycles. The number of aromatic nitrogens is 1. The van der Waals surface area contributed by atoms with Crippen molar-refractivity contribution >= 4 is 17.0 Å². The molecule has 2 aliphatic rings. The van der Waals surface area contributed by atoms with E-state index in [1.54, 1.807) is 0 Å². The number of nitrogens with one attached hydrogen (secondary N) is 1. The lowest BCUT2D eigenvalue weighted by Gasteiger charge is -2.33. The molecule has 120 valence electrons. The summed E-state index contributed by atoms with van der Waals surface area (Å²) in [7, 11) is 0. The highest BCUT2D eigenvalue weighted by atomic mass is 32.1. The predicted molar refractivity (Wildman–Crippen MR) is 86.7 cm³/mol. The Balaban J connectivity index is 1.65. The molecule has 0 bridgehead atoms. The van der Waals surface area contributed by atoms with Gasteiger partial charge in [0.25, 0.3) is 11.2 Å². The normalized spacial score (nSPS) is 23.5. The van der Waals surface area contributed by atoms with Gasteiger partial charge in [-0.05, 0) is 24.3 Å². The van der Waals surface area contributed by atoms with Crippen molar-refractivity contribution in [1.29, 1.82) is 0 Å². The zero-order valence-electron chi connectivity index (χ0n) is 12.6. The molecule has 1 fully saturated rings. The van der Waals surface area contributed by atoms with Crippen LogP contribution in [0.1, 0.15) is 29.3 Å². The van der Waals surface area contributed by atoms with Gasteiger partial charge in [0.1, 0.15) is 6.04 Å². The molecule has 4 rings (SSSR count). The fourth-order valence-corrected chi connectivity index (χ4v) is 4.57. The summed E-state index contributed by atoms with van der Waals surface area (Å²) in [4.78, 5) is 25.4. The molecule has 1 saturated carbocycles. The number of nitro groups is 1. The van der Waals surface area contributed by atoms with Crippen LogP contribution in [0.5, 0.6) is 0 Å². The second-order valence-electron chi connectivity index (χ2n) is 6.38. The van der Waals surface area contributed by atoms with E-state index in [9.17, 15) is 14.9 Å². The van der Waals surface area contributed by atoms with Gasteiger partial charge in [-0.1, -0.05) is 0 Å². The highest BCUT2D eigenvalue weighted by molar-refractivity contribution is 7.10. The summed E-state index contributed by atoms with van der Waals surface area (Å²) < 4.78 is 1.50. The van der Waals surface area contributed by atoms with Crippen molar-refractivity contribution in [3.8, 4) is 0 Å². The second-order valence-corrected chi connectivity index (χ2v) is 7.38. The first-order valence-corrected chi connectivity index (χ1v) is 8.77. The highest BCUT2D eigenvalue weighted by Gasteiger charge is 2.43. The van der Waals surface area contributed by atoms with Crippen LogP contribution in [0.15, 0.2) is 34.6 Å². The Morgan fingerprint density at radius 1 is 1.35 bits per heavy atom. The van der Waals surface area contributed by atoms with Crippen molar-refractivity contribution in [3.63, 3.8) is 0 Å². The molecule has 1 N–H and O–H groups in total. The molecule has 1 unspecified atom stereocenters. The van der Waals surface area contributed by atoms with E-state index in [1.165, 1.54) is 51.1 Å². The zero-order chi connectivity index (χ0) is 16.0. The average Bonchev–Trinajstić information content (AvgIpc) is 3.25. The van der Waals surface area contributed by atoms with Crippen LogP contribution >= 0.6 is 11.3 Å². The van der Waals surface area contributed by atoms with Crippen molar-refractivity contribution in [3.05, 3.63) is 60.7 Å². The topological polar surface area (TPSA) is 69.6 Å². The van der Waals surface area contributed by atoms with Gasteiger partial charge in [0.2, 0.25) is 0 Å². The fraction of sp³-hybridized carbons (Fsp3) is 0.438. The van der Waals surface area contributed by atoms with Crippen LogP contribution in [-0.2, 0) is 13.1 Å². The van der Waals surface area contributed by atoms with E-state index < -0.39 is 4.92 Å². The van der Waals surface area contributed by atoms with E-state index >= 15 is 0 Å². The Morgan fingerprint density at radius 3 is 2.91 bits per heavy atom. The van der Waals surface area contributed by atoms with E-state index in [1.807, 2.05) is 11.3 Å². The fourth-order valence-electron chi connectivity index (χ4n) is 3.64. The summed E-state index contributed by atoms with van der Waals surface area (Å²) in [5.74, 6) is 0.688. The van der Waals surface area contributed by atoms with Crippen molar-refractivity contribution in [2.75, 3.05) is 6.54 Å². The predicted octanol–water partition coefficient (Wildman–Crippen LogP) is 1.37. The number of thiophene rings is 1. The molecule has 7 heteroatoms. The molecule has 6 nitrogen and oxygen atoms in total. The Bertz CT molecular complexity index is 809. The number of hydrogen-bond acceptors (Lipinski definition) is 4. The van der Waals surface area contributed by atoms with Crippen molar-refractivity contribution in [2.24, 2.45) is 5.92 Å². The molecular weight excluding hydrogens is 314 g/mol. The van der Waals surface area contributed by atoms with Crippen LogP contribution in [0.3, 0.4) is 0 Å². The molecule has 23 heavy (non-hydrogen) atoms. The van der Waals surface area contributed by atoms with Gasteiger partial charge in [0.05, 0.1) is 17.7 Å². The molecule has 0 spiro atoms. The van der Waals surface area contributed by atoms with Crippen LogP contribution in [0.2, 0.25) is 0 Å². The number of hydrogen-bond donors (Lipinski definition) is 1. The smallest absolute Gasteiger partial charge is 0.285 e. The first-order chi connectivity index (χ1) is 11.1. The molecule has 0 amide bonds. The summed E-state index contributed by atoms with van der Waals surface area (Å²) in [6.45, 7) is 1.47. The molecule has 2 aromatic heterocycles. The summed E-state index contributed by atoms with van der Waals surface area (Å²) >= 11 is 1.82. The SMILES string of the molecule is O=c1ccc([N+](=O)[O-])cn1C[NH+]1CCc2sccc2[C@H]1C1CC1. The van der Waals surface area contributed by atoms with E-state index in [0.717, 1.165) is 13.0 Å².